The summed E-state index contributed by atoms with van der Waals surface area (Å²) in [6.07, 6.45) is -1.41. The van der Waals surface area contributed by atoms with E-state index < -0.39 is 12.0 Å². The minimum atomic E-state index is -4.57. The Morgan fingerprint density at radius 1 is 1.17 bits per heavy atom. The number of fused-ring (bicyclic) bond motifs is 1. The van der Waals surface area contributed by atoms with Crippen LogP contribution in [0.1, 0.15) is 17.5 Å². The van der Waals surface area contributed by atoms with Crippen molar-refractivity contribution in [3.8, 4) is 0 Å². The van der Waals surface area contributed by atoms with Crippen LogP contribution >= 0.6 is 0 Å². The number of ether oxygens (including phenoxy) is 1. The first-order valence-corrected chi connectivity index (χ1v) is 7.37. The highest BCUT2D eigenvalue weighted by atomic mass is 19.4. The standard InChI is InChI=1S/C16H13F3N4O/c17-16(18,19)15-20-6-5-13(23-15)22-10-3-1-9(2-4-10)14-12-7-11(24-14)8-21-12/h1-7,11,14,21H,8H2,(H,20,22,23)/t11-,14+/m0/s1. The second-order valence-electron chi connectivity index (χ2n) is 5.57. The average Bonchev–Trinajstić information content (AvgIpc) is 3.18. The Balaban J connectivity index is 1.49. The first kappa shape index (κ1) is 14.9. The molecule has 2 N–H and O–H groups in total. The van der Waals surface area contributed by atoms with Crippen LogP contribution in [-0.2, 0) is 10.9 Å². The van der Waals surface area contributed by atoms with Crippen LogP contribution in [0.15, 0.2) is 48.3 Å². The van der Waals surface area contributed by atoms with E-state index in [1.165, 1.54) is 6.07 Å². The lowest BCUT2D eigenvalue weighted by molar-refractivity contribution is -0.144. The van der Waals surface area contributed by atoms with E-state index in [-0.39, 0.29) is 18.0 Å². The Morgan fingerprint density at radius 3 is 2.58 bits per heavy atom. The molecule has 2 aromatic rings. The van der Waals surface area contributed by atoms with E-state index in [2.05, 4.69) is 26.7 Å². The van der Waals surface area contributed by atoms with Crippen molar-refractivity contribution in [2.24, 2.45) is 0 Å². The van der Waals surface area contributed by atoms with Gasteiger partial charge in [0.1, 0.15) is 11.9 Å². The van der Waals surface area contributed by atoms with Crippen LogP contribution in [0.3, 0.4) is 0 Å². The zero-order valence-electron chi connectivity index (χ0n) is 12.3. The molecule has 5 nitrogen and oxygen atoms in total. The van der Waals surface area contributed by atoms with Gasteiger partial charge in [-0.1, -0.05) is 12.1 Å². The predicted molar refractivity (Wildman–Crippen MR) is 80.5 cm³/mol. The monoisotopic (exact) mass is 334 g/mol. The third-order valence-electron chi connectivity index (χ3n) is 3.86. The number of rotatable bonds is 3. The fourth-order valence-corrected chi connectivity index (χ4v) is 2.76. The molecule has 2 bridgehead atoms. The van der Waals surface area contributed by atoms with Gasteiger partial charge < -0.3 is 15.4 Å². The van der Waals surface area contributed by atoms with Gasteiger partial charge in [0.25, 0.3) is 0 Å². The Morgan fingerprint density at radius 2 is 1.96 bits per heavy atom. The number of morpholine rings is 1. The largest absolute Gasteiger partial charge is 0.451 e. The molecule has 0 aliphatic carbocycles. The fourth-order valence-electron chi connectivity index (χ4n) is 2.76. The van der Waals surface area contributed by atoms with Crippen LogP contribution in [0.4, 0.5) is 24.7 Å². The molecule has 0 spiro atoms. The number of anilines is 2. The van der Waals surface area contributed by atoms with Crippen LogP contribution in [0, 0.1) is 0 Å². The predicted octanol–water partition coefficient (Wildman–Crippen LogP) is 3.17. The molecule has 1 aromatic carbocycles. The lowest BCUT2D eigenvalue weighted by Gasteiger charge is -2.23. The molecule has 0 radical (unpaired) electrons. The average molecular weight is 334 g/mol. The number of alkyl halides is 3. The molecule has 0 fully saturated rings. The smallest absolute Gasteiger partial charge is 0.383 e. The molecule has 0 saturated heterocycles. The van der Waals surface area contributed by atoms with Gasteiger partial charge in [0.05, 0.1) is 6.10 Å². The van der Waals surface area contributed by atoms with E-state index in [0.29, 0.717) is 5.69 Å². The van der Waals surface area contributed by atoms with E-state index >= 15 is 0 Å². The summed E-state index contributed by atoms with van der Waals surface area (Å²) in [5.74, 6) is -1.08. The highest BCUT2D eigenvalue weighted by Gasteiger charge is 2.35. The minimum absolute atomic E-state index is 0.0885. The Hall–Kier alpha value is -2.61. The lowest BCUT2D eigenvalue weighted by Crippen LogP contribution is -2.28. The lowest BCUT2D eigenvalue weighted by atomic mass is 10.1. The van der Waals surface area contributed by atoms with Gasteiger partial charge in [-0.05, 0) is 29.8 Å². The summed E-state index contributed by atoms with van der Waals surface area (Å²) >= 11 is 0. The molecule has 1 aromatic heterocycles. The molecule has 0 unspecified atom stereocenters. The van der Waals surface area contributed by atoms with Crippen molar-refractivity contribution in [3.63, 3.8) is 0 Å². The number of halogens is 3. The van der Waals surface area contributed by atoms with Gasteiger partial charge in [-0.2, -0.15) is 13.2 Å². The molecular formula is C16H13F3N4O. The van der Waals surface area contributed by atoms with Gasteiger partial charge in [-0.25, -0.2) is 9.97 Å². The highest BCUT2D eigenvalue weighted by molar-refractivity contribution is 5.56. The molecule has 24 heavy (non-hydrogen) atoms. The van der Waals surface area contributed by atoms with E-state index in [9.17, 15) is 13.2 Å². The fraction of sp³-hybridized carbons (Fsp3) is 0.250. The normalized spacial score (nSPS) is 22.2. The Bertz CT molecular complexity index is 789. The molecule has 0 saturated carbocycles. The van der Waals surface area contributed by atoms with E-state index in [1.54, 1.807) is 12.1 Å². The number of nitrogens with one attached hydrogen (secondary N) is 2. The van der Waals surface area contributed by atoms with Crippen LogP contribution in [0.25, 0.3) is 0 Å². The van der Waals surface area contributed by atoms with Gasteiger partial charge in [-0.3, -0.25) is 0 Å². The molecule has 8 heteroatoms. The number of nitrogens with zero attached hydrogens (tertiary/aromatic N) is 2. The van der Waals surface area contributed by atoms with Gasteiger partial charge in [0.2, 0.25) is 5.82 Å². The van der Waals surface area contributed by atoms with Crippen molar-refractivity contribution in [1.82, 2.24) is 15.3 Å². The highest BCUT2D eigenvalue weighted by Crippen LogP contribution is 2.36. The third-order valence-corrected chi connectivity index (χ3v) is 3.86. The van der Waals surface area contributed by atoms with Crippen LogP contribution in [0.5, 0.6) is 0 Å². The summed E-state index contributed by atoms with van der Waals surface area (Å²) in [5.41, 5.74) is 2.68. The van der Waals surface area contributed by atoms with Crippen molar-refractivity contribution in [3.05, 3.63) is 59.7 Å². The Labute approximate surface area is 135 Å². The topological polar surface area (TPSA) is 59.1 Å². The molecule has 124 valence electrons. The first-order valence-electron chi connectivity index (χ1n) is 7.37. The number of benzene rings is 1. The van der Waals surface area contributed by atoms with E-state index in [1.807, 2.05) is 12.1 Å². The third kappa shape index (κ3) is 2.80. The van der Waals surface area contributed by atoms with Gasteiger partial charge >= 0.3 is 6.18 Å². The quantitative estimate of drug-likeness (QED) is 0.903. The Kier molecular flexibility index (Phi) is 3.42. The second kappa shape index (κ2) is 5.48. The number of aromatic nitrogens is 2. The molecule has 0 amide bonds. The maximum Gasteiger partial charge on any atom is 0.451 e. The SMILES string of the molecule is FC(F)(F)c1nccc(Nc2ccc([C@H]3O[C@H]4C=C3NC4)cc2)n1. The zero-order chi connectivity index (χ0) is 16.7. The summed E-state index contributed by atoms with van der Waals surface area (Å²) in [6, 6.07) is 8.70. The van der Waals surface area contributed by atoms with Crippen molar-refractivity contribution in [2.45, 2.75) is 18.4 Å². The van der Waals surface area contributed by atoms with Crippen molar-refractivity contribution < 1.29 is 17.9 Å². The molecule has 2 aliphatic rings. The van der Waals surface area contributed by atoms with Gasteiger partial charge in [-0.15, -0.1) is 0 Å². The van der Waals surface area contributed by atoms with Crippen molar-refractivity contribution in [2.75, 3.05) is 11.9 Å². The second-order valence-corrected chi connectivity index (χ2v) is 5.57. The number of hydrogen-bond acceptors (Lipinski definition) is 5. The van der Waals surface area contributed by atoms with E-state index in [4.69, 9.17) is 4.74 Å². The van der Waals surface area contributed by atoms with Crippen LogP contribution in [-0.4, -0.2) is 22.6 Å². The summed E-state index contributed by atoms with van der Waals surface area (Å²) in [5, 5.41) is 6.12. The summed E-state index contributed by atoms with van der Waals surface area (Å²) in [7, 11) is 0. The molecule has 2 atom stereocenters. The van der Waals surface area contributed by atoms with Gasteiger partial charge in [0.15, 0.2) is 0 Å². The van der Waals surface area contributed by atoms with Crippen molar-refractivity contribution >= 4 is 11.5 Å². The minimum Gasteiger partial charge on any atom is -0.383 e. The molecule has 2 aliphatic heterocycles. The molecule has 4 rings (SSSR count). The summed E-state index contributed by atoms with van der Waals surface area (Å²) in [6.45, 7) is 0.806. The maximum atomic E-state index is 12.6. The van der Waals surface area contributed by atoms with Crippen molar-refractivity contribution in [1.29, 1.82) is 0 Å². The van der Waals surface area contributed by atoms with E-state index in [0.717, 1.165) is 24.0 Å². The molecular weight excluding hydrogens is 321 g/mol. The molecule has 3 heterocycles. The maximum absolute atomic E-state index is 12.6. The summed E-state index contributed by atoms with van der Waals surface area (Å²) < 4.78 is 43.7. The number of hydrogen-bond donors (Lipinski definition) is 2. The van der Waals surface area contributed by atoms with Crippen LogP contribution < -0.4 is 10.6 Å². The van der Waals surface area contributed by atoms with Gasteiger partial charge in [0, 0.05) is 24.1 Å². The van der Waals surface area contributed by atoms with Crippen LogP contribution in [0.2, 0.25) is 0 Å². The first-order chi connectivity index (χ1) is 11.5. The zero-order valence-corrected chi connectivity index (χ0v) is 12.3. The summed E-state index contributed by atoms with van der Waals surface area (Å²) in [4.78, 5) is 6.71.